The summed E-state index contributed by atoms with van der Waals surface area (Å²) in [5.74, 6) is 0. The molecule has 3 N–H and O–H groups in total. The highest BCUT2D eigenvalue weighted by Crippen LogP contribution is 2.32. The maximum atomic E-state index is 9.19. The van der Waals surface area contributed by atoms with Crippen LogP contribution in [0.3, 0.4) is 0 Å². The molecule has 0 unspecified atom stereocenters. The number of hydrogen-bond acceptors (Lipinski definition) is 6. The average molecular weight is 547 g/mol. The van der Waals surface area contributed by atoms with Gasteiger partial charge in [-0.1, -0.05) is 83.9 Å². The zero-order valence-corrected chi connectivity index (χ0v) is 22.4. The smallest absolute Gasteiger partial charge is 0.261 e. The van der Waals surface area contributed by atoms with Gasteiger partial charge in [0.2, 0.25) is 0 Å². The van der Waals surface area contributed by atoms with Crippen molar-refractivity contribution >= 4 is 30.4 Å². The lowest BCUT2D eigenvalue weighted by Gasteiger charge is -2.11. The van der Waals surface area contributed by atoms with Crippen molar-refractivity contribution in [2.75, 3.05) is 18.8 Å². The highest BCUT2D eigenvalue weighted by Gasteiger charge is 2.07. The summed E-state index contributed by atoms with van der Waals surface area (Å²) >= 11 is 0. The van der Waals surface area contributed by atoms with E-state index in [4.69, 9.17) is 13.7 Å². The number of hydrogen-bond donors (Lipinski definition) is 3. The molecule has 194 valence electrons. The quantitative estimate of drug-likeness (QED) is 0.401. The lowest BCUT2D eigenvalue weighted by molar-refractivity contribution is 0.488. The lowest BCUT2D eigenvalue weighted by atomic mass is 9.93. The third kappa shape index (κ3) is 20.5. The van der Waals surface area contributed by atoms with Crippen LogP contribution in [0, 0.1) is 13.8 Å². The van der Waals surface area contributed by atoms with Gasteiger partial charge in [0.05, 0.1) is 18.8 Å². The summed E-state index contributed by atoms with van der Waals surface area (Å²) in [6, 6.07) is 26.0. The van der Waals surface area contributed by atoms with Crippen molar-refractivity contribution in [2.45, 2.75) is 13.8 Å². The van der Waals surface area contributed by atoms with E-state index in [9.17, 15) is 25.3 Å². The molecule has 0 spiro atoms. The van der Waals surface area contributed by atoms with Crippen LogP contribution in [0.4, 0.5) is 0 Å². The topological polar surface area (TPSA) is 163 Å². The van der Waals surface area contributed by atoms with Gasteiger partial charge < -0.3 is 0 Å². The highest BCUT2D eigenvalue weighted by atomic mass is 32.2. The van der Waals surface area contributed by atoms with Gasteiger partial charge in [-0.15, -0.1) is 0 Å². The maximum absolute atomic E-state index is 9.19. The van der Waals surface area contributed by atoms with Crippen molar-refractivity contribution in [1.82, 2.24) is 0 Å². The summed E-state index contributed by atoms with van der Waals surface area (Å²) < 4.78 is 77.6. The van der Waals surface area contributed by atoms with Gasteiger partial charge >= 0.3 is 0 Å². The van der Waals surface area contributed by atoms with Crippen LogP contribution in [0.25, 0.3) is 22.3 Å². The van der Waals surface area contributed by atoms with Crippen LogP contribution in [0.1, 0.15) is 11.1 Å². The van der Waals surface area contributed by atoms with E-state index in [2.05, 4.69) is 86.6 Å². The molecule has 3 rings (SSSR count). The predicted octanol–water partition coefficient (Wildman–Crippen LogP) is 4.15. The van der Waals surface area contributed by atoms with Gasteiger partial charge in [-0.2, -0.15) is 25.3 Å². The van der Waals surface area contributed by atoms with E-state index in [-0.39, 0.29) is 0 Å². The Morgan fingerprint density at radius 2 is 0.829 bits per heavy atom. The minimum atomic E-state index is -3.67. The van der Waals surface area contributed by atoms with Crippen LogP contribution in [0.15, 0.2) is 72.8 Å². The summed E-state index contributed by atoms with van der Waals surface area (Å²) in [4.78, 5) is 0. The first-order chi connectivity index (χ1) is 15.7. The fraction of sp³-hybridized carbons (Fsp3) is 0.217. The van der Waals surface area contributed by atoms with E-state index >= 15 is 0 Å². The third-order valence-corrected chi connectivity index (χ3v) is 3.62. The molecule has 3 aromatic carbocycles. The van der Waals surface area contributed by atoms with Gasteiger partial charge in [0.25, 0.3) is 30.4 Å². The fourth-order valence-corrected chi connectivity index (χ4v) is 2.50. The highest BCUT2D eigenvalue weighted by molar-refractivity contribution is 7.85. The molecule has 0 heterocycles. The molecule has 12 heteroatoms. The van der Waals surface area contributed by atoms with E-state index in [1.54, 1.807) is 0 Å². The molecule has 0 amide bonds. The summed E-state index contributed by atoms with van der Waals surface area (Å²) in [5.41, 5.74) is 7.72. The second kappa shape index (κ2) is 14.1. The van der Waals surface area contributed by atoms with Crippen molar-refractivity contribution in [1.29, 1.82) is 0 Å². The SMILES string of the molecule is CS(=O)(=O)O.CS(=O)(=O)O.CS(=O)(=O)O.Cc1ccc(-c2ccc(C)cc2-c2ccccc2)cc1. The molecule has 0 fully saturated rings. The van der Waals surface area contributed by atoms with Crippen LogP contribution in [-0.2, 0) is 30.4 Å². The first-order valence-corrected chi connectivity index (χ1v) is 15.3. The van der Waals surface area contributed by atoms with Crippen LogP contribution < -0.4 is 0 Å². The van der Waals surface area contributed by atoms with Crippen LogP contribution in [-0.4, -0.2) is 57.7 Å². The zero-order valence-electron chi connectivity index (χ0n) is 19.9. The maximum Gasteiger partial charge on any atom is 0.261 e. The monoisotopic (exact) mass is 546 g/mol. The van der Waals surface area contributed by atoms with Gasteiger partial charge in [-0.25, -0.2) is 0 Å². The van der Waals surface area contributed by atoms with Crippen molar-refractivity contribution in [3.8, 4) is 22.3 Å². The Bertz CT molecular complexity index is 1290. The van der Waals surface area contributed by atoms with Gasteiger partial charge in [-0.3, -0.25) is 13.7 Å². The molecule has 9 nitrogen and oxygen atoms in total. The molecule has 0 atom stereocenters. The number of rotatable bonds is 2. The first kappa shape index (κ1) is 32.4. The molecule has 0 aliphatic heterocycles. The Morgan fingerprint density at radius 1 is 0.486 bits per heavy atom. The van der Waals surface area contributed by atoms with E-state index in [0.717, 1.165) is 0 Å². The largest absolute Gasteiger partial charge is 0.286 e. The van der Waals surface area contributed by atoms with Crippen molar-refractivity contribution in [3.05, 3.63) is 83.9 Å². The molecule has 0 saturated heterocycles. The second-order valence-corrected chi connectivity index (χ2v) is 11.9. The van der Waals surface area contributed by atoms with Gasteiger partial charge in [0, 0.05) is 0 Å². The molecule has 35 heavy (non-hydrogen) atoms. The average Bonchev–Trinajstić information content (AvgIpc) is 2.66. The van der Waals surface area contributed by atoms with Crippen molar-refractivity contribution in [3.63, 3.8) is 0 Å². The van der Waals surface area contributed by atoms with Crippen LogP contribution in [0.5, 0.6) is 0 Å². The molecule has 0 radical (unpaired) electrons. The molecule has 0 saturated carbocycles. The Kier molecular flexibility index (Phi) is 13.0. The van der Waals surface area contributed by atoms with Gasteiger partial charge in [0.15, 0.2) is 0 Å². The number of benzene rings is 3. The van der Waals surface area contributed by atoms with Crippen molar-refractivity contribution < 1.29 is 38.9 Å². The molecule has 3 aromatic rings. The normalized spacial score (nSPS) is 11.0. The van der Waals surface area contributed by atoms with Gasteiger partial charge in [-0.05, 0) is 36.1 Å². The van der Waals surface area contributed by atoms with Gasteiger partial charge in [0.1, 0.15) is 0 Å². The molecule has 0 bridgehead atoms. The van der Waals surface area contributed by atoms with Crippen molar-refractivity contribution in [2.24, 2.45) is 0 Å². The Labute approximate surface area is 207 Å². The standard InChI is InChI=1S/C20H18.3CH4O3S/c1-15-8-11-18(12-9-15)19-13-10-16(2)14-20(19)17-6-4-3-5-7-17;3*1-5(2,3)4/h3-14H,1-2H3;3*1H3,(H,2,3,4). The first-order valence-electron chi connectivity index (χ1n) is 9.74. The Hall–Kier alpha value is -2.61. The zero-order chi connectivity index (χ0) is 27.4. The van der Waals surface area contributed by atoms with E-state index < -0.39 is 30.4 Å². The van der Waals surface area contributed by atoms with E-state index in [1.165, 1.54) is 33.4 Å². The minimum Gasteiger partial charge on any atom is -0.286 e. The Balaban J connectivity index is 0.000000635. The van der Waals surface area contributed by atoms with Crippen LogP contribution >= 0.6 is 0 Å². The third-order valence-electron chi connectivity index (χ3n) is 3.62. The summed E-state index contributed by atoms with van der Waals surface area (Å²) in [6.45, 7) is 4.27. The van der Waals surface area contributed by atoms with Crippen LogP contribution in [0.2, 0.25) is 0 Å². The fourth-order valence-electron chi connectivity index (χ4n) is 2.50. The number of aryl methyl sites for hydroxylation is 2. The van der Waals surface area contributed by atoms with E-state index in [1.807, 2.05) is 0 Å². The predicted molar refractivity (Wildman–Crippen MR) is 139 cm³/mol. The van der Waals surface area contributed by atoms with E-state index in [0.29, 0.717) is 18.8 Å². The second-order valence-electron chi connectivity index (χ2n) is 7.48. The molecular formula is C23H30O9S3. The molecule has 0 aliphatic rings. The molecule has 0 aliphatic carbocycles. The summed E-state index contributed by atoms with van der Waals surface area (Å²) in [7, 11) is -11.0. The Morgan fingerprint density at radius 3 is 1.23 bits per heavy atom. The molecule has 0 aromatic heterocycles. The lowest BCUT2D eigenvalue weighted by Crippen LogP contribution is -1.88. The minimum absolute atomic E-state index is 0.715. The summed E-state index contributed by atoms with van der Waals surface area (Å²) in [5, 5.41) is 0. The summed E-state index contributed by atoms with van der Waals surface area (Å²) in [6.07, 6.45) is 2.15. The molecular weight excluding hydrogens is 516 g/mol.